The zero-order valence-corrected chi connectivity index (χ0v) is 10.2. The Morgan fingerprint density at radius 2 is 2.00 bits per heavy atom. The van der Waals surface area contributed by atoms with E-state index >= 15 is 0 Å². The van der Waals surface area contributed by atoms with E-state index in [2.05, 4.69) is 32.6 Å². The average Bonchev–Trinajstić information content (AvgIpc) is 2.40. The fraction of sp³-hybridized carbons (Fsp3) is 1.00. The first-order valence-electron chi connectivity index (χ1n) is 6.02. The predicted octanol–water partition coefficient (Wildman–Crippen LogP) is 2.23. The fourth-order valence-electron chi connectivity index (χ4n) is 2.64. The molecule has 2 N–H and O–H groups in total. The van der Waals surface area contributed by atoms with Crippen LogP contribution in [0, 0.1) is 5.41 Å². The molecule has 0 amide bonds. The minimum Gasteiger partial charge on any atom is -0.326 e. The summed E-state index contributed by atoms with van der Waals surface area (Å²) in [4.78, 5) is 2.55. The van der Waals surface area contributed by atoms with Crippen molar-refractivity contribution in [2.24, 2.45) is 11.1 Å². The van der Waals surface area contributed by atoms with Gasteiger partial charge in [0.25, 0.3) is 0 Å². The van der Waals surface area contributed by atoms with Gasteiger partial charge in [-0.15, -0.1) is 0 Å². The summed E-state index contributed by atoms with van der Waals surface area (Å²) in [7, 11) is 0. The lowest BCUT2D eigenvalue weighted by atomic mass is 9.87. The summed E-state index contributed by atoms with van der Waals surface area (Å²) in [6.45, 7) is 11.4. The van der Waals surface area contributed by atoms with E-state index in [4.69, 9.17) is 5.73 Å². The molecule has 0 aromatic heterocycles. The number of rotatable bonds is 4. The highest BCUT2D eigenvalue weighted by Gasteiger charge is 2.41. The lowest BCUT2D eigenvalue weighted by Gasteiger charge is -2.34. The summed E-state index contributed by atoms with van der Waals surface area (Å²) in [5.41, 5.74) is 6.66. The van der Waals surface area contributed by atoms with Crippen molar-refractivity contribution in [3.8, 4) is 0 Å². The molecule has 0 heterocycles. The molecule has 0 spiro atoms. The number of hydrogen-bond acceptors (Lipinski definition) is 2. The Kier molecular flexibility index (Phi) is 3.96. The van der Waals surface area contributed by atoms with Gasteiger partial charge in [0.15, 0.2) is 0 Å². The van der Waals surface area contributed by atoms with Crippen LogP contribution in [0.5, 0.6) is 0 Å². The molecule has 0 bridgehead atoms. The maximum atomic E-state index is 6.32. The van der Waals surface area contributed by atoms with Crippen molar-refractivity contribution in [2.45, 2.75) is 59.0 Å². The van der Waals surface area contributed by atoms with Crippen molar-refractivity contribution in [3.05, 3.63) is 0 Å². The maximum absolute atomic E-state index is 6.32. The third-order valence-electron chi connectivity index (χ3n) is 3.79. The largest absolute Gasteiger partial charge is 0.326 e. The van der Waals surface area contributed by atoms with E-state index in [0.717, 1.165) is 6.54 Å². The van der Waals surface area contributed by atoms with Gasteiger partial charge in [0.1, 0.15) is 0 Å². The molecule has 2 heteroatoms. The topological polar surface area (TPSA) is 29.3 Å². The Balaban J connectivity index is 2.60. The summed E-state index contributed by atoms with van der Waals surface area (Å²) in [6, 6.07) is 0.976. The van der Waals surface area contributed by atoms with Gasteiger partial charge in [0.2, 0.25) is 0 Å². The van der Waals surface area contributed by atoms with Gasteiger partial charge in [0, 0.05) is 12.1 Å². The molecule has 1 fully saturated rings. The first-order valence-corrected chi connectivity index (χ1v) is 6.02. The van der Waals surface area contributed by atoms with Crippen LogP contribution in [0.3, 0.4) is 0 Å². The van der Waals surface area contributed by atoms with Crippen LogP contribution in [-0.2, 0) is 0 Å². The Morgan fingerprint density at radius 3 is 2.36 bits per heavy atom. The summed E-state index contributed by atoms with van der Waals surface area (Å²) in [5.74, 6) is 0. The highest BCUT2D eigenvalue weighted by atomic mass is 15.2. The first-order chi connectivity index (χ1) is 6.53. The average molecular weight is 198 g/mol. The first kappa shape index (κ1) is 12.0. The number of likely N-dealkylation sites (N-methyl/N-ethyl adjacent to an activating group) is 1. The van der Waals surface area contributed by atoms with Crippen LogP contribution in [0.2, 0.25) is 0 Å². The van der Waals surface area contributed by atoms with Gasteiger partial charge in [-0.05, 0) is 37.8 Å². The standard InChI is InChI=1S/C12H26N2/c1-5-9-14(6-2)10-7-8-12(3,4)11(10)13/h10-11H,5-9,13H2,1-4H3. The molecule has 0 aromatic carbocycles. The second-order valence-electron chi connectivity index (χ2n) is 5.25. The molecule has 0 aromatic rings. The zero-order valence-electron chi connectivity index (χ0n) is 10.2. The van der Waals surface area contributed by atoms with Gasteiger partial charge in [-0.3, -0.25) is 4.90 Å². The molecular weight excluding hydrogens is 172 g/mol. The van der Waals surface area contributed by atoms with Crippen molar-refractivity contribution in [2.75, 3.05) is 13.1 Å². The van der Waals surface area contributed by atoms with Gasteiger partial charge in [0.05, 0.1) is 0 Å². The number of hydrogen-bond donors (Lipinski definition) is 1. The van der Waals surface area contributed by atoms with Gasteiger partial charge in [-0.2, -0.15) is 0 Å². The third kappa shape index (κ3) is 2.29. The van der Waals surface area contributed by atoms with E-state index < -0.39 is 0 Å². The van der Waals surface area contributed by atoms with E-state index in [1.807, 2.05) is 0 Å². The lowest BCUT2D eigenvalue weighted by Crippen LogP contribution is -2.49. The molecule has 84 valence electrons. The van der Waals surface area contributed by atoms with Crippen molar-refractivity contribution < 1.29 is 0 Å². The third-order valence-corrected chi connectivity index (χ3v) is 3.79. The summed E-state index contributed by atoms with van der Waals surface area (Å²) in [6.07, 6.45) is 3.79. The predicted molar refractivity (Wildman–Crippen MR) is 62.3 cm³/mol. The summed E-state index contributed by atoms with van der Waals surface area (Å²) >= 11 is 0. The molecule has 2 atom stereocenters. The van der Waals surface area contributed by atoms with E-state index in [1.54, 1.807) is 0 Å². The van der Waals surface area contributed by atoms with Crippen LogP contribution >= 0.6 is 0 Å². The molecule has 1 aliphatic carbocycles. The quantitative estimate of drug-likeness (QED) is 0.750. The number of nitrogens with zero attached hydrogens (tertiary/aromatic N) is 1. The van der Waals surface area contributed by atoms with Gasteiger partial charge in [-0.1, -0.05) is 27.7 Å². The lowest BCUT2D eigenvalue weighted by molar-refractivity contribution is 0.172. The normalized spacial score (nSPS) is 31.3. The van der Waals surface area contributed by atoms with Crippen molar-refractivity contribution >= 4 is 0 Å². The minimum atomic E-state index is 0.339. The van der Waals surface area contributed by atoms with Crippen molar-refractivity contribution in [1.29, 1.82) is 0 Å². The monoisotopic (exact) mass is 198 g/mol. The Bertz CT molecular complexity index is 177. The van der Waals surface area contributed by atoms with E-state index in [-0.39, 0.29) is 0 Å². The molecule has 1 saturated carbocycles. The molecule has 1 aliphatic rings. The maximum Gasteiger partial charge on any atom is 0.0252 e. The molecule has 0 saturated heterocycles. The van der Waals surface area contributed by atoms with E-state index in [9.17, 15) is 0 Å². The van der Waals surface area contributed by atoms with Crippen LogP contribution in [0.4, 0.5) is 0 Å². The number of nitrogens with two attached hydrogens (primary N) is 1. The second-order valence-corrected chi connectivity index (χ2v) is 5.25. The smallest absolute Gasteiger partial charge is 0.0252 e. The van der Waals surface area contributed by atoms with Crippen LogP contribution < -0.4 is 5.73 Å². The fourth-order valence-corrected chi connectivity index (χ4v) is 2.64. The Labute approximate surface area is 88.8 Å². The van der Waals surface area contributed by atoms with Crippen LogP contribution in [0.25, 0.3) is 0 Å². The van der Waals surface area contributed by atoms with Crippen molar-refractivity contribution in [3.63, 3.8) is 0 Å². The molecule has 0 radical (unpaired) electrons. The molecule has 1 rings (SSSR count). The van der Waals surface area contributed by atoms with Gasteiger partial charge in [-0.25, -0.2) is 0 Å². The molecule has 14 heavy (non-hydrogen) atoms. The summed E-state index contributed by atoms with van der Waals surface area (Å²) < 4.78 is 0. The SMILES string of the molecule is CCCN(CC)C1CCC(C)(C)C1N. The van der Waals surface area contributed by atoms with Crippen LogP contribution in [0.15, 0.2) is 0 Å². The second kappa shape index (κ2) is 4.63. The highest BCUT2D eigenvalue weighted by molar-refractivity contribution is 4.98. The summed E-state index contributed by atoms with van der Waals surface area (Å²) in [5, 5.41) is 0. The van der Waals surface area contributed by atoms with Gasteiger partial charge >= 0.3 is 0 Å². The Hall–Kier alpha value is -0.0800. The molecule has 2 unspecified atom stereocenters. The molecular formula is C12H26N2. The Morgan fingerprint density at radius 1 is 1.36 bits per heavy atom. The van der Waals surface area contributed by atoms with Crippen LogP contribution in [-0.4, -0.2) is 30.1 Å². The molecule has 2 nitrogen and oxygen atoms in total. The molecule has 0 aliphatic heterocycles. The highest BCUT2D eigenvalue weighted by Crippen LogP contribution is 2.38. The van der Waals surface area contributed by atoms with Crippen LogP contribution in [0.1, 0.15) is 47.0 Å². The van der Waals surface area contributed by atoms with E-state index in [1.165, 1.54) is 25.8 Å². The zero-order chi connectivity index (χ0) is 10.8. The van der Waals surface area contributed by atoms with Crippen molar-refractivity contribution in [1.82, 2.24) is 4.90 Å². The minimum absolute atomic E-state index is 0.339. The van der Waals surface area contributed by atoms with Gasteiger partial charge < -0.3 is 5.73 Å². The van der Waals surface area contributed by atoms with E-state index in [0.29, 0.717) is 17.5 Å².